The van der Waals surface area contributed by atoms with Crippen molar-refractivity contribution in [2.45, 2.75) is 0 Å². The minimum atomic E-state index is 0.165. The quantitative estimate of drug-likeness (QED) is 0.157. The van der Waals surface area contributed by atoms with E-state index in [2.05, 4.69) is 106 Å². The number of hydrogen-bond donors (Lipinski definition) is 3. The maximum absolute atomic E-state index is 10.4. The van der Waals surface area contributed by atoms with Crippen LogP contribution in [0.2, 0.25) is 0 Å². The van der Waals surface area contributed by atoms with E-state index in [0.717, 1.165) is 82.9 Å². The van der Waals surface area contributed by atoms with E-state index >= 15 is 0 Å². The first-order valence-electron chi connectivity index (χ1n) is 18.7. The summed E-state index contributed by atoms with van der Waals surface area (Å²) < 4.78 is 0. The molecule has 270 valence electrons. The van der Waals surface area contributed by atoms with E-state index in [1.807, 2.05) is 54.6 Å². The van der Waals surface area contributed by atoms with E-state index in [4.69, 9.17) is 0 Å². The smallest absolute Gasteiger partial charge is 0.141 e. The maximum atomic E-state index is 10.4. The van der Waals surface area contributed by atoms with Gasteiger partial charge < -0.3 is 15.3 Å². The van der Waals surface area contributed by atoms with Gasteiger partial charge in [0, 0.05) is 34.7 Å². The number of nitrogens with zero attached hydrogens (tertiary/aromatic N) is 3. The van der Waals surface area contributed by atoms with E-state index in [-0.39, 0.29) is 17.2 Å². The lowest BCUT2D eigenvalue weighted by molar-refractivity contribution is 0.480. The molecule has 0 saturated carbocycles. The molecule has 57 heavy (non-hydrogen) atoms. The van der Waals surface area contributed by atoms with Gasteiger partial charge in [0.15, 0.2) is 0 Å². The molecule has 0 aliphatic heterocycles. The van der Waals surface area contributed by atoms with Crippen molar-refractivity contribution in [3.63, 3.8) is 0 Å². The molecule has 10 rings (SSSR count). The van der Waals surface area contributed by atoms with Gasteiger partial charge in [-0.25, -0.2) is 0 Å². The third kappa shape index (κ3) is 6.06. The molecule has 0 fully saturated rings. The predicted octanol–water partition coefficient (Wildman–Crippen LogP) is 12.4. The summed E-state index contributed by atoms with van der Waals surface area (Å²) in [6, 6.07) is 54.9. The molecule has 0 aliphatic carbocycles. The highest BCUT2D eigenvalue weighted by Crippen LogP contribution is 2.39. The summed E-state index contributed by atoms with van der Waals surface area (Å²) in [5.41, 5.74) is 14.3. The molecule has 0 bridgehead atoms. The SMILES string of the molecule is Oc1ccc(-c2ccc(-c3cc(-c4ccc(-c5ccc(O)c6ncccc56)cc4)cc(-c4ccc(-c5ccc(O)c6ncccc56)cc4)c3)cc2)c2cccnc12. The lowest BCUT2D eigenvalue weighted by atomic mass is 9.91. The van der Waals surface area contributed by atoms with Gasteiger partial charge >= 0.3 is 0 Å². The lowest BCUT2D eigenvalue weighted by Crippen LogP contribution is -1.89. The predicted molar refractivity (Wildman–Crippen MR) is 230 cm³/mol. The van der Waals surface area contributed by atoms with Crippen molar-refractivity contribution in [3.05, 3.63) is 182 Å². The molecule has 0 saturated heterocycles. The molecule has 7 aromatic carbocycles. The number of rotatable bonds is 6. The molecule has 6 nitrogen and oxygen atoms in total. The Labute approximate surface area is 328 Å². The van der Waals surface area contributed by atoms with Crippen molar-refractivity contribution in [1.82, 2.24) is 15.0 Å². The zero-order valence-corrected chi connectivity index (χ0v) is 30.5. The van der Waals surface area contributed by atoms with Crippen LogP contribution in [0.1, 0.15) is 0 Å². The largest absolute Gasteiger partial charge is 0.506 e. The first kappa shape index (κ1) is 33.7. The Morgan fingerprint density at radius 3 is 0.807 bits per heavy atom. The highest BCUT2D eigenvalue weighted by atomic mass is 16.3. The normalized spacial score (nSPS) is 11.4. The van der Waals surface area contributed by atoms with Crippen LogP contribution in [-0.4, -0.2) is 30.3 Å². The molecule has 0 radical (unpaired) electrons. The van der Waals surface area contributed by atoms with Gasteiger partial charge in [-0.3, -0.25) is 15.0 Å². The van der Waals surface area contributed by atoms with Crippen LogP contribution in [0.4, 0.5) is 0 Å². The average molecular weight is 736 g/mol. The second kappa shape index (κ2) is 13.8. The van der Waals surface area contributed by atoms with Crippen molar-refractivity contribution in [2.24, 2.45) is 0 Å². The van der Waals surface area contributed by atoms with Crippen LogP contribution in [0.15, 0.2) is 182 Å². The van der Waals surface area contributed by atoms with E-state index in [1.54, 1.807) is 36.8 Å². The van der Waals surface area contributed by atoms with Crippen molar-refractivity contribution in [1.29, 1.82) is 0 Å². The van der Waals surface area contributed by atoms with E-state index in [9.17, 15) is 15.3 Å². The van der Waals surface area contributed by atoms with Gasteiger partial charge in [0.1, 0.15) is 33.8 Å². The molecule has 6 heteroatoms. The minimum absolute atomic E-state index is 0.165. The van der Waals surface area contributed by atoms with Crippen LogP contribution in [0.3, 0.4) is 0 Å². The van der Waals surface area contributed by atoms with E-state index < -0.39 is 0 Å². The van der Waals surface area contributed by atoms with Crippen molar-refractivity contribution in [2.75, 3.05) is 0 Å². The summed E-state index contributed by atoms with van der Waals surface area (Å²) in [7, 11) is 0. The molecular weight excluding hydrogens is 703 g/mol. The fourth-order valence-electron chi connectivity index (χ4n) is 7.88. The molecule has 3 N–H and O–H groups in total. The second-order valence-electron chi connectivity index (χ2n) is 14.1. The Bertz CT molecular complexity index is 2790. The first-order chi connectivity index (χ1) is 28.0. The van der Waals surface area contributed by atoms with Crippen molar-refractivity contribution in [3.8, 4) is 84.0 Å². The summed E-state index contributed by atoms with van der Waals surface area (Å²) in [5, 5.41) is 34.0. The number of aromatic hydroxyl groups is 3. The van der Waals surface area contributed by atoms with Crippen LogP contribution in [0, 0.1) is 0 Å². The monoisotopic (exact) mass is 735 g/mol. The van der Waals surface area contributed by atoms with Gasteiger partial charge in [0.05, 0.1) is 0 Å². The highest BCUT2D eigenvalue weighted by Gasteiger charge is 2.14. The molecule has 0 spiro atoms. The topological polar surface area (TPSA) is 99.4 Å². The molecule has 0 amide bonds. The summed E-state index contributed by atoms with van der Waals surface area (Å²) in [4.78, 5) is 13.2. The Morgan fingerprint density at radius 1 is 0.263 bits per heavy atom. The van der Waals surface area contributed by atoms with Crippen LogP contribution in [0.5, 0.6) is 17.2 Å². The fourth-order valence-corrected chi connectivity index (χ4v) is 7.88. The highest BCUT2D eigenvalue weighted by molar-refractivity contribution is 6.00. The minimum Gasteiger partial charge on any atom is -0.506 e. The Kier molecular flexibility index (Phi) is 8.16. The number of fused-ring (bicyclic) bond motifs is 3. The zero-order chi connectivity index (χ0) is 38.5. The third-order valence-corrected chi connectivity index (χ3v) is 10.8. The number of benzene rings is 7. The Balaban J connectivity index is 1.06. The molecule has 10 aromatic rings. The lowest BCUT2D eigenvalue weighted by Gasteiger charge is -2.14. The summed E-state index contributed by atoms with van der Waals surface area (Å²) in [6.07, 6.45) is 5.08. The van der Waals surface area contributed by atoms with Crippen LogP contribution >= 0.6 is 0 Å². The molecule has 0 unspecified atom stereocenters. The van der Waals surface area contributed by atoms with Crippen molar-refractivity contribution >= 4 is 32.7 Å². The molecule has 3 aromatic heterocycles. The summed E-state index contributed by atoms with van der Waals surface area (Å²) in [5.74, 6) is 0.495. The number of pyridine rings is 3. The van der Waals surface area contributed by atoms with E-state index in [1.165, 1.54) is 0 Å². The van der Waals surface area contributed by atoms with Gasteiger partial charge in [-0.05, 0) is 140 Å². The van der Waals surface area contributed by atoms with Crippen LogP contribution < -0.4 is 0 Å². The molecular formula is C51H33N3O3. The van der Waals surface area contributed by atoms with Gasteiger partial charge in [-0.2, -0.15) is 0 Å². The van der Waals surface area contributed by atoms with Gasteiger partial charge in [0.2, 0.25) is 0 Å². The molecule has 0 aliphatic rings. The number of phenolic OH excluding ortho intramolecular Hbond substituents is 3. The summed E-state index contributed by atoms with van der Waals surface area (Å²) in [6.45, 7) is 0. The maximum Gasteiger partial charge on any atom is 0.141 e. The van der Waals surface area contributed by atoms with Gasteiger partial charge in [-0.1, -0.05) is 91.0 Å². The van der Waals surface area contributed by atoms with Crippen LogP contribution in [0.25, 0.3) is 99.5 Å². The molecule has 0 atom stereocenters. The molecule has 3 heterocycles. The second-order valence-corrected chi connectivity index (χ2v) is 14.1. The number of aromatic nitrogens is 3. The van der Waals surface area contributed by atoms with Crippen LogP contribution in [-0.2, 0) is 0 Å². The Hall–Kier alpha value is -7.83. The van der Waals surface area contributed by atoms with Gasteiger partial charge in [-0.15, -0.1) is 0 Å². The van der Waals surface area contributed by atoms with E-state index in [0.29, 0.717) is 16.6 Å². The number of hydrogen-bond acceptors (Lipinski definition) is 6. The number of phenols is 3. The third-order valence-electron chi connectivity index (χ3n) is 10.8. The standard InChI is InChI=1S/C51H33N3O3/c55-46-22-19-40(43-4-1-25-52-49(43)46)34-13-7-31(8-14-34)37-28-38(32-9-15-35(16-10-32)41-20-23-47(56)50-44(41)5-2-26-53-50)30-39(29-37)33-11-17-36(18-12-33)42-21-24-48(57)51-45(42)6-3-27-54-51/h1-30,55-57H. The fraction of sp³-hybridized carbons (Fsp3) is 0. The van der Waals surface area contributed by atoms with Gasteiger partial charge in [0.25, 0.3) is 0 Å². The Morgan fingerprint density at radius 2 is 0.526 bits per heavy atom. The van der Waals surface area contributed by atoms with Crippen molar-refractivity contribution < 1.29 is 15.3 Å². The first-order valence-corrected chi connectivity index (χ1v) is 18.7. The summed E-state index contributed by atoms with van der Waals surface area (Å²) >= 11 is 0. The average Bonchev–Trinajstić information content (AvgIpc) is 3.27. The zero-order valence-electron chi connectivity index (χ0n) is 30.5.